The molecule has 23 heavy (non-hydrogen) atoms. The molecule has 0 saturated heterocycles. The maximum atomic E-state index is 14.0. The SMILES string of the molecule is CC.Cc1ccc(Nc2c([N+](C)(O)S)ccc(F)c2F)c(F)c1. The molecule has 2 aromatic carbocycles. The monoisotopic (exact) mass is 345 g/mol. The predicted molar refractivity (Wildman–Crippen MR) is 90.6 cm³/mol. The normalized spacial score (nSPS) is 12.9. The number of rotatable bonds is 3. The lowest BCUT2D eigenvalue weighted by atomic mass is 10.2. The van der Waals surface area contributed by atoms with Gasteiger partial charge in [0.25, 0.3) is 0 Å². The third-order valence-corrected chi connectivity index (χ3v) is 3.13. The number of anilines is 2. The summed E-state index contributed by atoms with van der Waals surface area (Å²) in [4.78, 5) is 0. The Balaban J connectivity index is 0.00000127. The van der Waals surface area contributed by atoms with Crippen LogP contribution < -0.4 is 9.37 Å². The molecule has 0 amide bonds. The molecule has 126 valence electrons. The first-order chi connectivity index (χ1) is 10.7. The Morgan fingerprint density at radius 2 is 1.65 bits per heavy atom. The van der Waals surface area contributed by atoms with Crippen molar-refractivity contribution in [2.75, 3.05) is 12.4 Å². The van der Waals surface area contributed by atoms with E-state index in [1.807, 2.05) is 13.8 Å². The Hall–Kier alpha value is -1.70. The van der Waals surface area contributed by atoms with E-state index in [2.05, 4.69) is 18.1 Å². The van der Waals surface area contributed by atoms with Gasteiger partial charge in [-0.15, -0.1) is 0 Å². The van der Waals surface area contributed by atoms with Gasteiger partial charge in [0.15, 0.2) is 11.6 Å². The summed E-state index contributed by atoms with van der Waals surface area (Å²) in [6.07, 6.45) is 0. The quantitative estimate of drug-likeness (QED) is 0.398. The van der Waals surface area contributed by atoms with Crippen LogP contribution in [0.4, 0.5) is 30.2 Å². The molecule has 1 atom stereocenters. The number of benzene rings is 2. The molecule has 0 aromatic heterocycles. The molecule has 0 bridgehead atoms. The number of hydrogen-bond donors (Lipinski definition) is 3. The number of thiol groups is 1. The molecule has 0 spiro atoms. The van der Waals surface area contributed by atoms with Crippen molar-refractivity contribution in [3.05, 3.63) is 53.3 Å². The standard InChI is InChI=1S/C14H14F3N2OS.C2H6/c1-8-3-5-11(10(16)7-8)18-14-12(19(2,20)21)6-4-9(15)13(14)17;1-2/h3-7,18,20-21H,1-2H3;1-2H3/q+1;. The molecule has 0 heterocycles. The van der Waals surface area contributed by atoms with Crippen molar-refractivity contribution >= 4 is 29.9 Å². The minimum Gasteiger partial charge on any atom is -0.346 e. The Labute approximate surface area is 139 Å². The number of hydroxylamine groups is 1. The van der Waals surface area contributed by atoms with Crippen LogP contribution in [0.1, 0.15) is 19.4 Å². The van der Waals surface area contributed by atoms with Crippen LogP contribution in [-0.4, -0.2) is 12.3 Å². The maximum Gasteiger partial charge on any atom is 0.203 e. The fourth-order valence-corrected chi connectivity index (χ4v) is 2.04. The molecular weight excluding hydrogens is 325 g/mol. The van der Waals surface area contributed by atoms with Gasteiger partial charge in [0.05, 0.1) is 18.5 Å². The van der Waals surface area contributed by atoms with E-state index in [0.717, 1.165) is 6.07 Å². The van der Waals surface area contributed by atoms with Gasteiger partial charge in [0.2, 0.25) is 5.69 Å². The molecule has 2 rings (SSSR count). The third kappa shape index (κ3) is 4.63. The predicted octanol–water partition coefficient (Wildman–Crippen LogP) is 5.35. The first-order valence-corrected chi connectivity index (χ1v) is 7.44. The molecule has 1 unspecified atom stereocenters. The van der Waals surface area contributed by atoms with Gasteiger partial charge in [-0.1, -0.05) is 24.0 Å². The Bertz CT molecular complexity index is 688. The second-order valence-corrected chi connectivity index (χ2v) is 5.56. The summed E-state index contributed by atoms with van der Waals surface area (Å²) in [7, 11) is 1.24. The van der Waals surface area contributed by atoms with Crippen LogP contribution in [0.3, 0.4) is 0 Å². The smallest absolute Gasteiger partial charge is 0.203 e. The van der Waals surface area contributed by atoms with Crippen molar-refractivity contribution in [2.24, 2.45) is 0 Å². The van der Waals surface area contributed by atoms with Gasteiger partial charge < -0.3 is 5.32 Å². The number of quaternary nitrogens is 1. The van der Waals surface area contributed by atoms with Gasteiger partial charge in [-0.3, -0.25) is 0 Å². The minimum atomic E-state index is -1.22. The van der Waals surface area contributed by atoms with E-state index in [1.54, 1.807) is 13.0 Å². The number of hydrogen-bond acceptors (Lipinski definition) is 3. The molecular formula is C16H20F3N2OS+. The molecule has 0 aliphatic rings. The van der Waals surface area contributed by atoms with Crippen molar-refractivity contribution < 1.29 is 18.4 Å². The summed E-state index contributed by atoms with van der Waals surface area (Å²) in [6.45, 7) is 5.70. The first-order valence-electron chi connectivity index (χ1n) is 7.04. The number of halogens is 3. The highest BCUT2D eigenvalue weighted by Crippen LogP contribution is 2.36. The molecule has 0 radical (unpaired) electrons. The Kier molecular flexibility index (Phi) is 6.49. The van der Waals surface area contributed by atoms with E-state index >= 15 is 0 Å². The average Bonchev–Trinajstić information content (AvgIpc) is 2.47. The van der Waals surface area contributed by atoms with Gasteiger partial charge in [0, 0.05) is 6.07 Å². The van der Waals surface area contributed by atoms with Crippen LogP contribution in [0.2, 0.25) is 0 Å². The molecule has 3 nitrogen and oxygen atoms in total. The van der Waals surface area contributed by atoms with Gasteiger partial charge in [-0.05, 0) is 30.7 Å². The van der Waals surface area contributed by atoms with E-state index in [9.17, 15) is 18.4 Å². The summed E-state index contributed by atoms with van der Waals surface area (Å²) < 4.78 is 40.2. The van der Waals surface area contributed by atoms with Crippen molar-refractivity contribution in [3.8, 4) is 0 Å². The summed E-state index contributed by atoms with van der Waals surface area (Å²) >= 11 is 3.87. The van der Waals surface area contributed by atoms with Gasteiger partial charge >= 0.3 is 0 Å². The van der Waals surface area contributed by atoms with E-state index in [1.165, 1.54) is 25.2 Å². The van der Waals surface area contributed by atoms with E-state index in [0.29, 0.717) is 5.56 Å². The minimum absolute atomic E-state index is 0.0341. The highest BCUT2D eigenvalue weighted by Gasteiger charge is 2.28. The Morgan fingerprint density at radius 1 is 1.04 bits per heavy atom. The summed E-state index contributed by atoms with van der Waals surface area (Å²) in [6, 6.07) is 6.31. The van der Waals surface area contributed by atoms with E-state index in [-0.39, 0.29) is 17.1 Å². The van der Waals surface area contributed by atoms with E-state index in [4.69, 9.17) is 0 Å². The zero-order valence-electron chi connectivity index (χ0n) is 13.4. The van der Waals surface area contributed by atoms with Crippen molar-refractivity contribution in [2.45, 2.75) is 20.8 Å². The zero-order valence-corrected chi connectivity index (χ0v) is 14.3. The highest BCUT2D eigenvalue weighted by molar-refractivity contribution is 7.79. The van der Waals surface area contributed by atoms with Crippen LogP contribution in [-0.2, 0) is 0 Å². The molecule has 2 N–H and O–H groups in total. The van der Waals surface area contributed by atoms with Crippen LogP contribution in [0.15, 0.2) is 30.3 Å². The third-order valence-electron chi connectivity index (χ3n) is 2.91. The fraction of sp³-hybridized carbons (Fsp3) is 0.250. The lowest BCUT2D eigenvalue weighted by molar-refractivity contribution is 0.0545. The lowest BCUT2D eigenvalue weighted by Gasteiger charge is -2.21. The topological polar surface area (TPSA) is 32.3 Å². The summed E-state index contributed by atoms with van der Waals surface area (Å²) in [5.41, 5.74) is 0.220. The van der Waals surface area contributed by atoms with Crippen LogP contribution in [0.5, 0.6) is 0 Å². The summed E-state index contributed by atoms with van der Waals surface area (Å²) in [5.74, 6) is -2.95. The van der Waals surface area contributed by atoms with Crippen LogP contribution >= 0.6 is 12.8 Å². The fourth-order valence-electron chi connectivity index (χ4n) is 1.87. The number of nitrogens with one attached hydrogen (secondary N) is 1. The first kappa shape index (κ1) is 19.3. The Morgan fingerprint density at radius 3 is 2.17 bits per heavy atom. The maximum absolute atomic E-state index is 14.0. The van der Waals surface area contributed by atoms with Crippen molar-refractivity contribution in [1.82, 2.24) is 4.05 Å². The van der Waals surface area contributed by atoms with Gasteiger partial charge in [0.1, 0.15) is 18.6 Å². The van der Waals surface area contributed by atoms with Crippen molar-refractivity contribution in [3.63, 3.8) is 0 Å². The number of nitrogens with zero attached hydrogens (tertiary/aromatic N) is 1. The van der Waals surface area contributed by atoms with Crippen molar-refractivity contribution in [1.29, 1.82) is 0 Å². The average molecular weight is 345 g/mol. The second kappa shape index (κ2) is 7.72. The van der Waals surface area contributed by atoms with Gasteiger partial charge in [-0.2, -0.15) is 5.21 Å². The van der Waals surface area contributed by atoms with Gasteiger partial charge in [-0.25, -0.2) is 13.2 Å². The van der Waals surface area contributed by atoms with Crippen LogP contribution in [0.25, 0.3) is 0 Å². The molecule has 2 aromatic rings. The number of aryl methyl sites for hydroxylation is 1. The largest absolute Gasteiger partial charge is 0.346 e. The molecule has 0 aliphatic carbocycles. The molecule has 0 saturated carbocycles. The highest BCUT2D eigenvalue weighted by atomic mass is 32.1. The lowest BCUT2D eigenvalue weighted by Crippen LogP contribution is -2.30. The summed E-state index contributed by atoms with van der Waals surface area (Å²) in [5, 5.41) is 12.3. The molecule has 7 heteroatoms. The zero-order chi connectivity index (χ0) is 17.8. The molecule has 0 aliphatic heterocycles. The van der Waals surface area contributed by atoms with Crippen LogP contribution in [0, 0.1) is 24.4 Å². The molecule has 0 fully saturated rings. The van der Waals surface area contributed by atoms with E-state index < -0.39 is 21.5 Å². The second-order valence-electron chi connectivity index (χ2n) is 4.78.